The topological polar surface area (TPSA) is 52.6 Å². The van der Waals surface area contributed by atoms with Crippen molar-refractivity contribution in [2.75, 3.05) is 0 Å². The zero-order valence-electron chi connectivity index (χ0n) is 20.0. The standard InChI is InChI=1S/C28H34O4/c1-17(2)31-25(29)15-19(5)27-21-11-7-9-13-23(21)28(24-14-10-8-12-22(24)27)20(6)16-26(30)32-18(3)4/h7-14,17-20H,15-16H2,1-6H3. The van der Waals surface area contributed by atoms with Gasteiger partial charge in [-0.25, -0.2) is 0 Å². The first-order valence-corrected chi connectivity index (χ1v) is 11.5. The molecule has 0 spiro atoms. The van der Waals surface area contributed by atoms with Gasteiger partial charge in [0.2, 0.25) is 0 Å². The normalized spacial score (nSPS) is 13.5. The van der Waals surface area contributed by atoms with Crippen LogP contribution in [0.15, 0.2) is 48.5 Å². The van der Waals surface area contributed by atoms with Crippen LogP contribution in [0.4, 0.5) is 0 Å². The average Bonchev–Trinajstić information content (AvgIpc) is 2.70. The highest BCUT2D eigenvalue weighted by Gasteiger charge is 2.24. The van der Waals surface area contributed by atoms with Crippen LogP contribution in [-0.2, 0) is 19.1 Å². The van der Waals surface area contributed by atoms with Gasteiger partial charge in [0.1, 0.15) is 0 Å². The molecule has 0 fully saturated rings. The highest BCUT2D eigenvalue weighted by Crippen LogP contribution is 2.41. The fourth-order valence-electron chi connectivity index (χ4n) is 4.58. The van der Waals surface area contributed by atoms with Crippen LogP contribution in [0.3, 0.4) is 0 Å². The molecule has 0 bridgehead atoms. The van der Waals surface area contributed by atoms with Crippen molar-refractivity contribution in [1.82, 2.24) is 0 Å². The Morgan fingerprint density at radius 1 is 0.594 bits per heavy atom. The first-order valence-electron chi connectivity index (χ1n) is 11.5. The van der Waals surface area contributed by atoms with E-state index in [-0.39, 0.29) is 36.0 Å². The molecular weight excluding hydrogens is 400 g/mol. The van der Waals surface area contributed by atoms with Crippen molar-refractivity contribution in [3.8, 4) is 0 Å². The van der Waals surface area contributed by atoms with Crippen LogP contribution < -0.4 is 0 Å². The molecule has 32 heavy (non-hydrogen) atoms. The van der Waals surface area contributed by atoms with Crippen LogP contribution >= 0.6 is 0 Å². The molecule has 4 nitrogen and oxygen atoms in total. The Hall–Kier alpha value is -2.88. The fourth-order valence-corrected chi connectivity index (χ4v) is 4.58. The molecule has 0 aromatic heterocycles. The van der Waals surface area contributed by atoms with Crippen LogP contribution in [0.5, 0.6) is 0 Å². The van der Waals surface area contributed by atoms with Gasteiger partial charge < -0.3 is 9.47 Å². The van der Waals surface area contributed by atoms with Gasteiger partial charge in [0, 0.05) is 0 Å². The molecule has 0 saturated heterocycles. The predicted octanol–water partition coefficient (Wildman–Crippen LogP) is 6.88. The highest BCUT2D eigenvalue weighted by molar-refractivity contribution is 6.07. The highest BCUT2D eigenvalue weighted by atomic mass is 16.5. The van der Waals surface area contributed by atoms with Gasteiger partial charge in [-0.05, 0) is 72.2 Å². The van der Waals surface area contributed by atoms with E-state index in [1.54, 1.807) is 0 Å². The third kappa shape index (κ3) is 5.29. The van der Waals surface area contributed by atoms with Crippen molar-refractivity contribution in [3.63, 3.8) is 0 Å². The Balaban J connectivity index is 2.14. The van der Waals surface area contributed by atoms with E-state index in [0.717, 1.165) is 32.7 Å². The number of rotatable bonds is 8. The van der Waals surface area contributed by atoms with Crippen molar-refractivity contribution < 1.29 is 19.1 Å². The second-order valence-electron chi connectivity index (χ2n) is 9.21. The van der Waals surface area contributed by atoms with Gasteiger partial charge in [0.25, 0.3) is 0 Å². The molecule has 0 N–H and O–H groups in total. The molecule has 3 rings (SSSR count). The average molecular weight is 435 g/mol. The fraction of sp³-hybridized carbons (Fsp3) is 0.429. The molecule has 0 aliphatic carbocycles. The maximum atomic E-state index is 12.4. The summed E-state index contributed by atoms with van der Waals surface area (Å²) in [4.78, 5) is 24.8. The molecular formula is C28H34O4. The smallest absolute Gasteiger partial charge is 0.306 e. The number of carbonyl (C=O) groups is 2. The van der Waals surface area contributed by atoms with Gasteiger partial charge in [-0.2, -0.15) is 0 Å². The van der Waals surface area contributed by atoms with E-state index >= 15 is 0 Å². The molecule has 0 radical (unpaired) electrons. The monoisotopic (exact) mass is 434 g/mol. The van der Waals surface area contributed by atoms with Crippen molar-refractivity contribution in [2.45, 2.75) is 78.4 Å². The van der Waals surface area contributed by atoms with E-state index in [9.17, 15) is 9.59 Å². The van der Waals surface area contributed by atoms with E-state index in [1.807, 2.05) is 52.0 Å². The largest absolute Gasteiger partial charge is 0.463 e. The molecule has 3 aromatic carbocycles. The Morgan fingerprint density at radius 3 is 1.12 bits per heavy atom. The van der Waals surface area contributed by atoms with Crippen molar-refractivity contribution in [1.29, 1.82) is 0 Å². The van der Waals surface area contributed by atoms with E-state index in [2.05, 4.69) is 38.1 Å². The number of carbonyl (C=O) groups excluding carboxylic acids is 2. The Morgan fingerprint density at radius 2 is 0.875 bits per heavy atom. The zero-order chi connectivity index (χ0) is 23.4. The van der Waals surface area contributed by atoms with Gasteiger partial charge in [-0.15, -0.1) is 0 Å². The molecule has 4 heteroatoms. The minimum absolute atomic E-state index is 0.00804. The summed E-state index contributed by atoms with van der Waals surface area (Å²) in [5.41, 5.74) is 2.30. The number of fused-ring (bicyclic) bond motifs is 2. The Bertz CT molecular complexity index is 968. The van der Waals surface area contributed by atoms with Gasteiger partial charge in [0.15, 0.2) is 0 Å². The number of benzene rings is 3. The summed E-state index contributed by atoms with van der Waals surface area (Å²) >= 11 is 0. The van der Waals surface area contributed by atoms with Gasteiger partial charge in [0.05, 0.1) is 25.0 Å². The van der Waals surface area contributed by atoms with Gasteiger partial charge in [-0.1, -0.05) is 62.4 Å². The summed E-state index contributed by atoms with van der Waals surface area (Å²) in [6, 6.07) is 16.6. The van der Waals surface area contributed by atoms with Gasteiger partial charge >= 0.3 is 11.9 Å². The minimum atomic E-state index is -0.186. The quantitative estimate of drug-likeness (QED) is 0.286. The predicted molar refractivity (Wildman–Crippen MR) is 130 cm³/mol. The number of hydrogen-bond donors (Lipinski definition) is 0. The lowest BCUT2D eigenvalue weighted by Gasteiger charge is -2.23. The second-order valence-corrected chi connectivity index (χ2v) is 9.21. The summed E-state index contributed by atoms with van der Waals surface area (Å²) in [5, 5.41) is 4.48. The first kappa shape index (κ1) is 23.8. The molecule has 2 atom stereocenters. The van der Waals surface area contributed by atoms with Crippen molar-refractivity contribution in [2.24, 2.45) is 0 Å². The molecule has 170 valence electrons. The minimum Gasteiger partial charge on any atom is -0.463 e. The van der Waals surface area contributed by atoms with Crippen LogP contribution in [-0.4, -0.2) is 24.1 Å². The molecule has 0 heterocycles. The molecule has 0 amide bonds. The summed E-state index contributed by atoms with van der Waals surface area (Å²) < 4.78 is 10.8. The third-order valence-corrected chi connectivity index (χ3v) is 5.68. The second kappa shape index (κ2) is 10.2. The lowest BCUT2D eigenvalue weighted by Crippen LogP contribution is -2.15. The lowest BCUT2D eigenvalue weighted by molar-refractivity contribution is -0.148. The summed E-state index contributed by atoms with van der Waals surface area (Å²) in [5.74, 6) is -0.387. The molecule has 0 aliphatic rings. The van der Waals surface area contributed by atoms with E-state index in [0.29, 0.717) is 12.8 Å². The third-order valence-electron chi connectivity index (χ3n) is 5.68. The maximum absolute atomic E-state index is 12.4. The summed E-state index contributed by atoms with van der Waals surface area (Å²) in [6.07, 6.45) is 0.387. The Labute approximate surface area is 190 Å². The zero-order valence-corrected chi connectivity index (χ0v) is 20.0. The molecule has 0 aliphatic heterocycles. The Kier molecular flexibility index (Phi) is 7.55. The summed E-state index contributed by atoms with van der Waals surface area (Å²) in [6.45, 7) is 11.6. The van der Waals surface area contributed by atoms with E-state index in [4.69, 9.17) is 9.47 Å². The van der Waals surface area contributed by atoms with Crippen LogP contribution in [0.25, 0.3) is 21.5 Å². The van der Waals surface area contributed by atoms with E-state index < -0.39 is 0 Å². The van der Waals surface area contributed by atoms with Crippen LogP contribution in [0.2, 0.25) is 0 Å². The van der Waals surface area contributed by atoms with Crippen molar-refractivity contribution >= 4 is 33.5 Å². The maximum Gasteiger partial charge on any atom is 0.306 e. The lowest BCUT2D eigenvalue weighted by atomic mass is 9.81. The molecule has 2 unspecified atom stereocenters. The SMILES string of the molecule is CC(C)OC(=O)CC(C)c1c2ccccc2c(C(C)CC(=O)OC(C)C)c2ccccc12. The van der Waals surface area contributed by atoms with Crippen molar-refractivity contribution in [3.05, 3.63) is 59.7 Å². The number of esters is 2. The number of hydrogen-bond acceptors (Lipinski definition) is 4. The van der Waals surface area contributed by atoms with Gasteiger partial charge in [-0.3, -0.25) is 9.59 Å². The van der Waals surface area contributed by atoms with Crippen LogP contribution in [0, 0.1) is 0 Å². The van der Waals surface area contributed by atoms with E-state index in [1.165, 1.54) is 0 Å². The number of ether oxygens (including phenoxy) is 2. The summed E-state index contributed by atoms with van der Waals surface area (Å²) in [7, 11) is 0. The first-order chi connectivity index (χ1) is 15.2. The molecule has 3 aromatic rings. The molecule has 0 saturated carbocycles. The van der Waals surface area contributed by atoms with Crippen LogP contribution in [0.1, 0.15) is 77.3 Å².